The van der Waals surface area contributed by atoms with Crippen molar-refractivity contribution in [2.24, 2.45) is 0 Å². The summed E-state index contributed by atoms with van der Waals surface area (Å²) in [6.45, 7) is 10.8. The lowest BCUT2D eigenvalue weighted by atomic mass is 10.1. The van der Waals surface area contributed by atoms with Gasteiger partial charge in [0.25, 0.3) is 6.01 Å². The number of fused-ring (bicyclic) bond motifs is 1. The van der Waals surface area contributed by atoms with Crippen LogP contribution in [-0.2, 0) is 4.74 Å². The van der Waals surface area contributed by atoms with Crippen molar-refractivity contribution in [1.82, 2.24) is 14.9 Å². The zero-order valence-electron chi connectivity index (χ0n) is 17.7. The first-order chi connectivity index (χ1) is 14.5. The Morgan fingerprint density at radius 3 is 2.87 bits per heavy atom. The molecule has 3 aromatic rings. The van der Waals surface area contributed by atoms with Crippen molar-refractivity contribution in [3.8, 4) is 17.1 Å². The van der Waals surface area contributed by atoms with Crippen molar-refractivity contribution in [2.45, 2.75) is 26.8 Å². The van der Waals surface area contributed by atoms with Crippen molar-refractivity contribution >= 4 is 16.9 Å². The first-order valence-corrected chi connectivity index (χ1v) is 10.3. The number of oxazole rings is 1. The van der Waals surface area contributed by atoms with Crippen LogP contribution in [-0.4, -0.2) is 60.4 Å². The molecule has 0 aliphatic carbocycles. The van der Waals surface area contributed by atoms with Gasteiger partial charge in [-0.2, -0.15) is 4.98 Å². The monoisotopic (exact) mass is 412 g/mol. The van der Waals surface area contributed by atoms with Crippen LogP contribution in [0.5, 0.6) is 5.75 Å². The lowest BCUT2D eigenvalue weighted by Crippen LogP contribution is -2.38. The maximum atomic E-state index is 12.7. The molecule has 2 N–H and O–H groups in total. The van der Waals surface area contributed by atoms with Crippen molar-refractivity contribution in [3.63, 3.8) is 0 Å². The summed E-state index contributed by atoms with van der Waals surface area (Å²) >= 11 is 0. The first kappa shape index (κ1) is 20.4. The van der Waals surface area contributed by atoms with Gasteiger partial charge in [-0.25, -0.2) is 0 Å². The van der Waals surface area contributed by atoms with Gasteiger partial charge in [0, 0.05) is 42.7 Å². The number of hydrogen-bond acceptors (Lipinski definition) is 7. The van der Waals surface area contributed by atoms with Gasteiger partial charge in [0.05, 0.1) is 24.4 Å². The Morgan fingerprint density at radius 1 is 1.30 bits per heavy atom. The average Bonchev–Trinajstić information content (AvgIpc) is 3.18. The summed E-state index contributed by atoms with van der Waals surface area (Å²) in [5.41, 5.74) is 2.78. The molecule has 2 aromatic heterocycles. The second kappa shape index (κ2) is 8.89. The quantitative estimate of drug-likeness (QED) is 0.616. The van der Waals surface area contributed by atoms with E-state index in [2.05, 4.69) is 20.2 Å². The minimum absolute atomic E-state index is 0.0666. The van der Waals surface area contributed by atoms with Crippen LogP contribution in [0.15, 0.2) is 33.7 Å². The van der Waals surface area contributed by atoms with Gasteiger partial charge in [0.15, 0.2) is 5.43 Å². The Balaban J connectivity index is 1.56. The molecule has 1 fully saturated rings. The summed E-state index contributed by atoms with van der Waals surface area (Å²) in [5, 5.41) is 3.74. The molecular formula is C22H28N4O4. The third-order valence-electron chi connectivity index (χ3n) is 5.18. The molecule has 8 heteroatoms. The smallest absolute Gasteiger partial charge is 0.295 e. The van der Waals surface area contributed by atoms with E-state index in [0.717, 1.165) is 49.7 Å². The highest BCUT2D eigenvalue weighted by Crippen LogP contribution is 2.27. The molecule has 3 heterocycles. The molecule has 0 saturated carbocycles. The minimum Gasteiger partial charge on any atom is -0.492 e. The summed E-state index contributed by atoms with van der Waals surface area (Å²) in [5.74, 6) is 0.769. The number of rotatable bonds is 7. The fraction of sp³-hybridized carbons (Fsp3) is 0.455. The van der Waals surface area contributed by atoms with Gasteiger partial charge in [-0.15, -0.1) is 0 Å². The minimum atomic E-state index is -0.0666. The highest BCUT2D eigenvalue weighted by Gasteiger charge is 2.14. The molecule has 0 atom stereocenters. The van der Waals surface area contributed by atoms with Crippen LogP contribution in [0.4, 0.5) is 6.01 Å². The van der Waals surface area contributed by atoms with Crippen molar-refractivity contribution in [3.05, 3.63) is 40.2 Å². The zero-order chi connectivity index (χ0) is 21.1. The molecule has 0 unspecified atom stereocenters. The number of anilines is 1. The number of morpholine rings is 1. The number of benzene rings is 1. The first-order valence-electron chi connectivity index (χ1n) is 10.3. The van der Waals surface area contributed by atoms with Crippen LogP contribution >= 0.6 is 0 Å². The standard InChI is InChI=1S/C22H28N4O4/c1-14(2)23-22-25-18(13-30-22)17-12-19(27)16-4-5-20(15(3)21(16)24-17)29-11-8-26-6-9-28-10-7-26/h4-5,12-14H,6-11H2,1-3H3,(H,23,25)(H,24,27). The van der Waals surface area contributed by atoms with Gasteiger partial charge in [-0.3, -0.25) is 9.69 Å². The maximum absolute atomic E-state index is 12.7. The van der Waals surface area contributed by atoms with Gasteiger partial charge < -0.3 is 24.2 Å². The number of aromatic amines is 1. The number of H-pyrrole nitrogens is 1. The predicted molar refractivity (Wildman–Crippen MR) is 116 cm³/mol. The molecule has 8 nitrogen and oxygen atoms in total. The lowest BCUT2D eigenvalue weighted by Gasteiger charge is -2.26. The molecule has 1 aromatic carbocycles. The van der Waals surface area contributed by atoms with E-state index in [0.29, 0.717) is 29.4 Å². The van der Waals surface area contributed by atoms with Crippen LogP contribution in [0.25, 0.3) is 22.3 Å². The molecule has 1 aliphatic heterocycles. The molecule has 4 rings (SSSR count). The largest absolute Gasteiger partial charge is 0.492 e. The summed E-state index contributed by atoms with van der Waals surface area (Å²) in [7, 11) is 0. The SMILES string of the molecule is Cc1c(OCCN2CCOCC2)ccc2c(=O)cc(-c3coc(NC(C)C)n3)[nH]c12. The number of aryl methyl sites for hydroxylation is 1. The molecule has 160 valence electrons. The van der Waals surface area contributed by atoms with E-state index in [-0.39, 0.29) is 11.5 Å². The molecule has 0 amide bonds. The van der Waals surface area contributed by atoms with Gasteiger partial charge in [0.2, 0.25) is 0 Å². The van der Waals surface area contributed by atoms with Gasteiger partial charge in [-0.05, 0) is 32.9 Å². The van der Waals surface area contributed by atoms with Crippen LogP contribution < -0.4 is 15.5 Å². The number of nitrogens with zero attached hydrogens (tertiary/aromatic N) is 2. The van der Waals surface area contributed by atoms with Crippen LogP contribution in [0, 0.1) is 6.92 Å². The second-order valence-corrected chi connectivity index (χ2v) is 7.80. The highest BCUT2D eigenvalue weighted by molar-refractivity contribution is 5.85. The van der Waals surface area contributed by atoms with E-state index in [9.17, 15) is 4.79 Å². The maximum Gasteiger partial charge on any atom is 0.295 e. The Bertz CT molecular complexity index is 1070. The summed E-state index contributed by atoms with van der Waals surface area (Å²) in [4.78, 5) is 22.8. The Hall–Kier alpha value is -2.84. The summed E-state index contributed by atoms with van der Waals surface area (Å²) < 4.78 is 16.9. The van der Waals surface area contributed by atoms with E-state index >= 15 is 0 Å². The molecule has 30 heavy (non-hydrogen) atoms. The predicted octanol–water partition coefficient (Wildman–Crippen LogP) is 3.02. The number of hydrogen-bond donors (Lipinski definition) is 2. The van der Waals surface area contributed by atoms with Crippen LogP contribution in [0.3, 0.4) is 0 Å². The summed E-state index contributed by atoms with van der Waals surface area (Å²) in [6.07, 6.45) is 1.54. The fourth-order valence-corrected chi connectivity index (χ4v) is 3.55. The molecule has 0 spiro atoms. The third-order valence-corrected chi connectivity index (χ3v) is 5.18. The molecule has 1 saturated heterocycles. The third kappa shape index (κ3) is 4.49. The van der Waals surface area contributed by atoms with E-state index in [4.69, 9.17) is 13.9 Å². The summed E-state index contributed by atoms with van der Waals surface area (Å²) in [6, 6.07) is 5.86. The van der Waals surface area contributed by atoms with Gasteiger partial charge in [0.1, 0.15) is 24.3 Å². The topological polar surface area (TPSA) is 92.6 Å². The number of ether oxygens (including phenoxy) is 2. The molecule has 0 bridgehead atoms. The van der Waals surface area contributed by atoms with Crippen molar-refractivity contribution in [1.29, 1.82) is 0 Å². The van der Waals surface area contributed by atoms with Crippen molar-refractivity contribution in [2.75, 3.05) is 44.8 Å². The van der Waals surface area contributed by atoms with E-state index in [1.807, 2.05) is 32.9 Å². The fourth-order valence-electron chi connectivity index (χ4n) is 3.55. The number of nitrogens with one attached hydrogen (secondary N) is 2. The van der Waals surface area contributed by atoms with Gasteiger partial charge in [-0.1, -0.05) is 0 Å². The Kier molecular flexibility index (Phi) is 6.06. The molecule has 1 aliphatic rings. The molecular weight excluding hydrogens is 384 g/mol. The average molecular weight is 412 g/mol. The van der Waals surface area contributed by atoms with E-state index in [1.165, 1.54) is 0 Å². The Morgan fingerprint density at radius 2 is 2.10 bits per heavy atom. The van der Waals surface area contributed by atoms with Crippen molar-refractivity contribution < 1.29 is 13.9 Å². The Labute approximate surface area is 175 Å². The number of aromatic nitrogens is 2. The van der Waals surface area contributed by atoms with E-state index < -0.39 is 0 Å². The van der Waals surface area contributed by atoms with Gasteiger partial charge >= 0.3 is 0 Å². The highest BCUT2D eigenvalue weighted by atomic mass is 16.5. The van der Waals surface area contributed by atoms with E-state index in [1.54, 1.807) is 12.3 Å². The normalized spacial score (nSPS) is 15.1. The number of pyridine rings is 1. The molecule has 0 radical (unpaired) electrons. The zero-order valence-corrected chi connectivity index (χ0v) is 17.7. The second-order valence-electron chi connectivity index (χ2n) is 7.80. The van der Waals surface area contributed by atoms with Crippen LogP contribution in [0.1, 0.15) is 19.4 Å². The lowest BCUT2D eigenvalue weighted by molar-refractivity contribution is 0.0322. The van der Waals surface area contributed by atoms with Crippen LogP contribution in [0.2, 0.25) is 0 Å².